The largest absolute Gasteiger partial charge is 0.450 e. The maximum atomic E-state index is 13.8. The minimum atomic E-state index is -0.804. The second kappa shape index (κ2) is 8.51. The Balaban J connectivity index is 1.81. The summed E-state index contributed by atoms with van der Waals surface area (Å²) in [5.41, 5.74) is 0.138. The van der Waals surface area contributed by atoms with E-state index in [9.17, 15) is 24.1 Å². The van der Waals surface area contributed by atoms with E-state index in [-0.39, 0.29) is 40.6 Å². The highest BCUT2D eigenvalue weighted by atomic mass is 19.1. The van der Waals surface area contributed by atoms with E-state index in [1.807, 2.05) is 13.8 Å². The molecule has 0 saturated heterocycles. The zero-order chi connectivity index (χ0) is 23.0. The Bertz CT molecular complexity index is 1250. The van der Waals surface area contributed by atoms with Crippen molar-refractivity contribution in [3.8, 4) is 0 Å². The van der Waals surface area contributed by atoms with Gasteiger partial charge in [0, 0.05) is 25.3 Å². The Morgan fingerprint density at radius 1 is 1.19 bits per heavy atom. The maximum absolute atomic E-state index is 13.8. The van der Waals surface area contributed by atoms with Gasteiger partial charge < -0.3 is 14.1 Å². The van der Waals surface area contributed by atoms with Crippen molar-refractivity contribution in [2.24, 2.45) is 0 Å². The lowest BCUT2D eigenvalue weighted by atomic mass is 9.98. The smallest absolute Gasteiger partial charge is 0.290 e. The van der Waals surface area contributed by atoms with Gasteiger partial charge in [-0.2, -0.15) is 0 Å². The van der Waals surface area contributed by atoms with Crippen molar-refractivity contribution in [2.45, 2.75) is 32.4 Å². The fourth-order valence-electron chi connectivity index (χ4n) is 3.90. The van der Waals surface area contributed by atoms with Gasteiger partial charge in [0.1, 0.15) is 11.4 Å². The van der Waals surface area contributed by atoms with Crippen LogP contribution in [0.2, 0.25) is 0 Å². The molecule has 4 rings (SSSR count). The number of carbonyl (C=O) groups is 1. The lowest BCUT2D eigenvalue weighted by Crippen LogP contribution is -2.31. The van der Waals surface area contributed by atoms with E-state index in [4.69, 9.17) is 9.15 Å². The average molecular weight is 440 g/mol. The van der Waals surface area contributed by atoms with Gasteiger partial charge in [-0.05, 0) is 56.2 Å². The van der Waals surface area contributed by atoms with Crippen molar-refractivity contribution in [2.75, 3.05) is 13.2 Å². The van der Waals surface area contributed by atoms with Crippen LogP contribution in [-0.2, 0) is 4.74 Å². The fraction of sp³-hybridized carbons (Fsp3) is 0.304. The van der Waals surface area contributed by atoms with Crippen LogP contribution in [0.15, 0.2) is 51.7 Å². The number of hydrogen-bond donors (Lipinski definition) is 0. The molecule has 1 amide bonds. The van der Waals surface area contributed by atoms with Gasteiger partial charge in [0.25, 0.3) is 11.6 Å². The predicted octanol–water partition coefficient (Wildman–Crippen LogP) is 4.20. The first-order chi connectivity index (χ1) is 15.3. The van der Waals surface area contributed by atoms with E-state index >= 15 is 0 Å². The van der Waals surface area contributed by atoms with E-state index in [1.165, 1.54) is 35.2 Å². The molecule has 0 saturated carbocycles. The van der Waals surface area contributed by atoms with Crippen LogP contribution in [-0.4, -0.2) is 35.0 Å². The summed E-state index contributed by atoms with van der Waals surface area (Å²) in [6, 6.07) is 8.42. The Labute approximate surface area is 182 Å². The van der Waals surface area contributed by atoms with E-state index in [2.05, 4.69) is 0 Å². The molecule has 1 aromatic heterocycles. The van der Waals surface area contributed by atoms with Gasteiger partial charge in [-0.3, -0.25) is 19.7 Å². The lowest BCUT2D eigenvalue weighted by molar-refractivity contribution is -0.384. The molecule has 0 spiro atoms. The van der Waals surface area contributed by atoms with Gasteiger partial charge in [0.05, 0.1) is 28.0 Å². The predicted molar refractivity (Wildman–Crippen MR) is 114 cm³/mol. The summed E-state index contributed by atoms with van der Waals surface area (Å²) in [5, 5.41) is 11.1. The van der Waals surface area contributed by atoms with Crippen LogP contribution in [0.3, 0.4) is 0 Å². The number of halogens is 1. The number of hydrogen-bond acceptors (Lipinski definition) is 6. The molecule has 1 unspecified atom stereocenters. The summed E-state index contributed by atoms with van der Waals surface area (Å²) in [4.78, 5) is 38.5. The zero-order valence-corrected chi connectivity index (χ0v) is 17.5. The maximum Gasteiger partial charge on any atom is 0.290 e. The Morgan fingerprint density at radius 3 is 2.56 bits per heavy atom. The first-order valence-electron chi connectivity index (χ1n) is 10.2. The molecule has 2 aromatic carbocycles. The molecule has 0 radical (unpaired) electrons. The molecule has 8 nitrogen and oxygen atoms in total. The van der Waals surface area contributed by atoms with Crippen LogP contribution in [0.4, 0.5) is 10.1 Å². The summed E-state index contributed by atoms with van der Waals surface area (Å²) in [6.07, 6.45) is 0.555. The normalized spacial score (nSPS) is 15.6. The number of nitro benzene ring substituents is 1. The van der Waals surface area contributed by atoms with E-state index < -0.39 is 28.1 Å². The van der Waals surface area contributed by atoms with Gasteiger partial charge in [-0.15, -0.1) is 0 Å². The summed E-state index contributed by atoms with van der Waals surface area (Å²) < 4.78 is 25.1. The van der Waals surface area contributed by atoms with Gasteiger partial charge >= 0.3 is 0 Å². The average Bonchev–Trinajstić information content (AvgIpc) is 3.04. The van der Waals surface area contributed by atoms with Gasteiger partial charge in [-0.1, -0.05) is 0 Å². The molecular formula is C23H21FN2O6. The fourth-order valence-corrected chi connectivity index (χ4v) is 3.90. The molecular weight excluding hydrogens is 419 g/mol. The second-order valence-electron chi connectivity index (χ2n) is 7.84. The molecule has 1 atom stereocenters. The van der Waals surface area contributed by atoms with Crippen molar-refractivity contribution in [3.63, 3.8) is 0 Å². The number of ether oxygens (including phenoxy) is 1. The summed E-state index contributed by atoms with van der Waals surface area (Å²) in [6.45, 7) is 4.51. The summed E-state index contributed by atoms with van der Waals surface area (Å²) >= 11 is 0. The molecule has 2 heterocycles. The van der Waals surface area contributed by atoms with Crippen LogP contribution in [0, 0.1) is 15.9 Å². The summed E-state index contributed by atoms with van der Waals surface area (Å²) in [5.74, 6) is -1.15. The van der Waals surface area contributed by atoms with Crippen molar-refractivity contribution in [1.82, 2.24) is 4.90 Å². The number of nitro groups is 1. The second-order valence-corrected chi connectivity index (χ2v) is 7.84. The van der Waals surface area contributed by atoms with Crippen molar-refractivity contribution < 1.29 is 23.3 Å². The Morgan fingerprint density at radius 2 is 1.91 bits per heavy atom. The third-order valence-corrected chi connectivity index (χ3v) is 5.34. The number of rotatable bonds is 7. The quantitative estimate of drug-likeness (QED) is 0.310. The first-order valence-corrected chi connectivity index (χ1v) is 10.2. The van der Waals surface area contributed by atoms with Gasteiger partial charge in [0.2, 0.25) is 5.76 Å². The number of fused-ring (bicyclic) bond motifs is 2. The third kappa shape index (κ3) is 3.87. The number of carbonyl (C=O) groups excluding carboxylic acids is 1. The van der Waals surface area contributed by atoms with Crippen LogP contribution in [0.5, 0.6) is 0 Å². The molecule has 32 heavy (non-hydrogen) atoms. The molecule has 3 aromatic rings. The van der Waals surface area contributed by atoms with Crippen LogP contribution in [0.25, 0.3) is 11.0 Å². The van der Waals surface area contributed by atoms with Crippen molar-refractivity contribution in [3.05, 3.63) is 85.5 Å². The van der Waals surface area contributed by atoms with Crippen molar-refractivity contribution >= 4 is 22.6 Å². The molecule has 0 bridgehead atoms. The van der Waals surface area contributed by atoms with Gasteiger partial charge in [0.15, 0.2) is 5.43 Å². The monoisotopic (exact) mass is 440 g/mol. The molecule has 0 aliphatic carbocycles. The van der Waals surface area contributed by atoms with Crippen molar-refractivity contribution in [1.29, 1.82) is 0 Å². The SMILES string of the molecule is CC(C)OCCCN1C(=O)c2oc3ccc(F)cc3c(=O)c2C1c1ccc([N+](=O)[O-])cc1. The lowest BCUT2D eigenvalue weighted by Gasteiger charge is -2.25. The van der Waals surface area contributed by atoms with Gasteiger partial charge in [-0.25, -0.2) is 4.39 Å². The number of non-ortho nitro benzene ring substituents is 1. The van der Waals surface area contributed by atoms with Crippen LogP contribution >= 0.6 is 0 Å². The number of benzene rings is 2. The minimum Gasteiger partial charge on any atom is -0.450 e. The topological polar surface area (TPSA) is 103 Å². The molecule has 0 N–H and O–H groups in total. The third-order valence-electron chi connectivity index (χ3n) is 5.34. The summed E-state index contributed by atoms with van der Waals surface area (Å²) in [7, 11) is 0. The number of amides is 1. The molecule has 1 aliphatic heterocycles. The highest BCUT2D eigenvalue weighted by Gasteiger charge is 2.42. The van der Waals surface area contributed by atoms with E-state index in [0.717, 1.165) is 12.1 Å². The standard InChI is InChI=1S/C23H21FN2O6/c1-13(2)31-11-3-10-25-20(14-4-7-16(8-5-14)26(29)30)19-21(27)17-12-15(24)6-9-18(17)32-22(19)23(25)28/h4-9,12-13,20H,3,10-11H2,1-2H3. The highest BCUT2D eigenvalue weighted by molar-refractivity contribution is 5.99. The first kappa shape index (κ1) is 21.6. The zero-order valence-electron chi connectivity index (χ0n) is 17.5. The molecule has 9 heteroatoms. The van der Waals surface area contributed by atoms with Crippen LogP contribution < -0.4 is 5.43 Å². The van der Waals surface area contributed by atoms with Crippen LogP contribution in [0.1, 0.15) is 48.0 Å². The number of nitrogens with zero attached hydrogens (tertiary/aromatic N) is 2. The molecule has 166 valence electrons. The molecule has 1 aliphatic rings. The molecule has 0 fully saturated rings. The highest BCUT2D eigenvalue weighted by Crippen LogP contribution is 2.38. The van der Waals surface area contributed by atoms with E-state index in [0.29, 0.717) is 18.6 Å². The minimum absolute atomic E-state index is 0.0356. The Hall–Kier alpha value is -3.59. The van der Waals surface area contributed by atoms with E-state index in [1.54, 1.807) is 0 Å². The Kier molecular flexibility index (Phi) is 5.75.